The Hall–Kier alpha value is -2.87. The minimum absolute atomic E-state index is 0.00850. The fraction of sp³-hybridized carbons (Fsp3) is 0.308. The lowest BCUT2D eigenvalue weighted by Crippen LogP contribution is -2.35. The van der Waals surface area contributed by atoms with Crippen LogP contribution in [0.4, 0.5) is 24.5 Å². The van der Waals surface area contributed by atoms with Crippen LogP contribution in [0, 0.1) is 10.1 Å². The second-order valence-electron chi connectivity index (χ2n) is 4.80. The molecule has 0 aromatic heterocycles. The third kappa shape index (κ3) is 2.88. The van der Waals surface area contributed by atoms with Crippen molar-refractivity contribution >= 4 is 23.6 Å². The van der Waals surface area contributed by atoms with Gasteiger partial charge in [0.2, 0.25) is 0 Å². The van der Waals surface area contributed by atoms with Gasteiger partial charge in [-0.25, -0.2) is 4.99 Å². The van der Waals surface area contributed by atoms with Gasteiger partial charge in [0.1, 0.15) is 24.2 Å². The summed E-state index contributed by atoms with van der Waals surface area (Å²) < 4.78 is 44.7. The average Bonchev–Trinajstić information content (AvgIpc) is 2.98. The maximum atomic E-state index is 13.2. The van der Waals surface area contributed by atoms with E-state index in [-0.39, 0.29) is 25.4 Å². The summed E-state index contributed by atoms with van der Waals surface area (Å²) in [6.45, 7) is 0.434. The topological polar surface area (TPSA) is 80.3 Å². The quantitative estimate of drug-likeness (QED) is 0.631. The zero-order valence-electron chi connectivity index (χ0n) is 11.5. The number of nitro groups is 1. The maximum absolute atomic E-state index is 13.2. The number of hydrogen-bond acceptors (Lipinski definition) is 6. The van der Waals surface area contributed by atoms with Crippen LogP contribution in [0.25, 0.3) is 0 Å². The first-order valence-corrected chi connectivity index (χ1v) is 6.48. The van der Waals surface area contributed by atoms with Gasteiger partial charge in [0.15, 0.2) is 5.75 Å². The van der Waals surface area contributed by atoms with E-state index >= 15 is 0 Å². The SMILES string of the molecule is O=[N+]([O-])c1cc2c(c(C(F)(F)F)c1)OCCN2CC1=C=NC=N1. The number of fused-ring (bicyclic) bond motifs is 1. The molecule has 7 nitrogen and oxygen atoms in total. The van der Waals surface area contributed by atoms with E-state index < -0.39 is 28.1 Å². The summed E-state index contributed by atoms with van der Waals surface area (Å²) in [5.41, 5.74) is -1.37. The molecular weight excluding hydrogens is 317 g/mol. The van der Waals surface area contributed by atoms with Gasteiger partial charge in [0, 0.05) is 18.0 Å². The van der Waals surface area contributed by atoms with Gasteiger partial charge in [0.05, 0.1) is 23.7 Å². The number of halogens is 3. The Morgan fingerprint density at radius 2 is 2.22 bits per heavy atom. The summed E-state index contributed by atoms with van der Waals surface area (Å²) in [7, 11) is 0. The van der Waals surface area contributed by atoms with Gasteiger partial charge in [-0.1, -0.05) is 0 Å². The molecule has 0 saturated carbocycles. The summed E-state index contributed by atoms with van der Waals surface area (Å²) in [5, 5.41) is 10.9. The third-order valence-corrected chi connectivity index (χ3v) is 3.32. The highest BCUT2D eigenvalue weighted by Gasteiger charge is 2.39. The summed E-state index contributed by atoms with van der Waals surface area (Å²) in [4.78, 5) is 19.2. The number of nitro benzene ring substituents is 1. The van der Waals surface area contributed by atoms with Gasteiger partial charge < -0.3 is 9.64 Å². The van der Waals surface area contributed by atoms with Crippen LogP contribution in [0.1, 0.15) is 5.56 Å². The van der Waals surface area contributed by atoms with Gasteiger partial charge >= 0.3 is 6.18 Å². The van der Waals surface area contributed by atoms with Crippen molar-refractivity contribution in [1.82, 2.24) is 0 Å². The van der Waals surface area contributed by atoms with Crippen LogP contribution >= 0.6 is 0 Å². The van der Waals surface area contributed by atoms with E-state index in [1.54, 1.807) is 0 Å². The first-order valence-electron chi connectivity index (χ1n) is 6.48. The Labute approximate surface area is 127 Å². The molecule has 1 aromatic carbocycles. The Morgan fingerprint density at radius 1 is 1.43 bits per heavy atom. The lowest BCUT2D eigenvalue weighted by molar-refractivity contribution is -0.385. The molecule has 3 rings (SSSR count). The molecule has 2 aliphatic heterocycles. The van der Waals surface area contributed by atoms with Crippen LogP contribution in [0.2, 0.25) is 0 Å². The van der Waals surface area contributed by atoms with Crippen molar-refractivity contribution in [2.75, 3.05) is 24.6 Å². The van der Waals surface area contributed by atoms with Crippen molar-refractivity contribution in [3.05, 3.63) is 33.5 Å². The number of non-ortho nitro benzene ring substituents is 1. The number of rotatable bonds is 3. The first kappa shape index (κ1) is 15.0. The zero-order chi connectivity index (χ0) is 16.6. The molecule has 0 amide bonds. The lowest BCUT2D eigenvalue weighted by atomic mass is 10.1. The average molecular weight is 326 g/mol. The fourth-order valence-electron chi connectivity index (χ4n) is 2.33. The standard InChI is InChI=1S/C13H9F3N4O3/c14-13(15,16)10-3-9(20(21)22)4-11-12(10)23-2-1-19(11)6-8-5-17-7-18-8/h3-4,7H,1-2,6H2. The highest BCUT2D eigenvalue weighted by atomic mass is 19.4. The number of alkyl halides is 3. The zero-order valence-corrected chi connectivity index (χ0v) is 11.5. The molecule has 0 saturated heterocycles. The number of anilines is 1. The Kier molecular flexibility index (Phi) is 3.53. The Morgan fingerprint density at radius 3 is 2.83 bits per heavy atom. The van der Waals surface area contributed by atoms with E-state index in [1.165, 1.54) is 11.2 Å². The van der Waals surface area contributed by atoms with Crippen LogP contribution in [0.3, 0.4) is 0 Å². The molecule has 23 heavy (non-hydrogen) atoms. The largest absolute Gasteiger partial charge is 0.489 e. The molecule has 0 aliphatic carbocycles. The molecule has 0 unspecified atom stereocenters. The lowest BCUT2D eigenvalue weighted by Gasteiger charge is -2.32. The van der Waals surface area contributed by atoms with Crippen molar-refractivity contribution in [2.45, 2.75) is 6.18 Å². The van der Waals surface area contributed by atoms with Crippen molar-refractivity contribution < 1.29 is 22.8 Å². The molecule has 0 spiro atoms. The highest BCUT2D eigenvalue weighted by Crippen LogP contribution is 2.45. The van der Waals surface area contributed by atoms with Gasteiger partial charge in [0.25, 0.3) is 5.69 Å². The molecule has 2 heterocycles. The van der Waals surface area contributed by atoms with Crippen molar-refractivity contribution in [3.63, 3.8) is 0 Å². The molecule has 120 valence electrons. The van der Waals surface area contributed by atoms with Crippen LogP contribution < -0.4 is 9.64 Å². The minimum atomic E-state index is -4.76. The molecule has 0 radical (unpaired) electrons. The molecule has 0 bridgehead atoms. The van der Waals surface area contributed by atoms with Crippen LogP contribution in [-0.4, -0.2) is 36.8 Å². The Balaban J connectivity index is 2.09. The van der Waals surface area contributed by atoms with Crippen LogP contribution in [0.5, 0.6) is 5.75 Å². The van der Waals surface area contributed by atoms with Gasteiger partial charge in [-0.2, -0.15) is 18.2 Å². The number of aliphatic imine (C=N–C) groups is 2. The van der Waals surface area contributed by atoms with Gasteiger partial charge in [-0.05, 0) is 0 Å². The molecule has 10 heteroatoms. The van der Waals surface area contributed by atoms with E-state index in [2.05, 4.69) is 15.9 Å². The maximum Gasteiger partial charge on any atom is 0.420 e. The van der Waals surface area contributed by atoms with E-state index in [4.69, 9.17) is 4.74 Å². The van der Waals surface area contributed by atoms with Gasteiger partial charge in [-0.15, -0.1) is 0 Å². The number of hydrogen-bond donors (Lipinski definition) is 0. The highest BCUT2D eigenvalue weighted by molar-refractivity contribution is 5.80. The fourth-order valence-corrected chi connectivity index (χ4v) is 2.33. The molecule has 1 aromatic rings. The number of ether oxygens (including phenoxy) is 1. The Bertz CT molecular complexity index is 766. The predicted molar refractivity (Wildman–Crippen MR) is 75.2 cm³/mol. The molecule has 0 atom stereocenters. The molecule has 0 N–H and O–H groups in total. The number of nitrogens with zero attached hydrogens (tertiary/aromatic N) is 4. The summed E-state index contributed by atoms with van der Waals surface area (Å²) in [5.74, 6) is 2.19. The molecule has 0 fully saturated rings. The third-order valence-electron chi connectivity index (χ3n) is 3.32. The van der Waals surface area contributed by atoms with E-state index in [9.17, 15) is 23.3 Å². The van der Waals surface area contributed by atoms with E-state index in [0.717, 1.165) is 6.07 Å². The second-order valence-corrected chi connectivity index (χ2v) is 4.80. The molecular formula is C13H9F3N4O3. The monoisotopic (exact) mass is 326 g/mol. The van der Waals surface area contributed by atoms with Crippen molar-refractivity contribution in [1.29, 1.82) is 0 Å². The van der Waals surface area contributed by atoms with Crippen molar-refractivity contribution in [3.8, 4) is 5.75 Å². The molecule has 2 aliphatic rings. The second kappa shape index (κ2) is 5.40. The van der Waals surface area contributed by atoms with Crippen LogP contribution in [0.15, 0.2) is 27.8 Å². The summed E-state index contributed by atoms with van der Waals surface area (Å²) in [6.07, 6.45) is -3.49. The van der Waals surface area contributed by atoms with E-state index in [0.29, 0.717) is 11.8 Å². The van der Waals surface area contributed by atoms with Crippen molar-refractivity contribution in [2.24, 2.45) is 9.98 Å². The van der Waals surface area contributed by atoms with E-state index in [1.807, 2.05) is 0 Å². The minimum Gasteiger partial charge on any atom is -0.489 e. The van der Waals surface area contributed by atoms with Crippen LogP contribution in [-0.2, 0) is 6.18 Å². The van der Waals surface area contributed by atoms with Gasteiger partial charge in [-0.3, -0.25) is 10.1 Å². The summed E-state index contributed by atoms with van der Waals surface area (Å²) in [6, 6.07) is 1.55. The predicted octanol–water partition coefficient (Wildman–Crippen LogP) is 2.41. The smallest absolute Gasteiger partial charge is 0.420 e. The first-order chi connectivity index (χ1) is 10.9. The summed E-state index contributed by atoms with van der Waals surface area (Å²) >= 11 is 0. The normalized spacial score (nSPS) is 16.1. The number of benzene rings is 1.